The average molecular weight is 277 g/mol. The summed E-state index contributed by atoms with van der Waals surface area (Å²) in [5.41, 5.74) is 2.62. The quantitative estimate of drug-likeness (QED) is 0.793. The van der Waals surface area contributed by atoms with E-state index in [-0.39, 0.29) is 11.7 Å². The van der Waals surface area contributed by atoms with Crippen molar-refractivity contribution in [2.75, 3.05) is 7.11 Å². The summed E-state index contributed by atoms with van der Waals surface area (Å²) in [6, 6.07) is 3.64. The number of ether oxygens (including phenoxy) is 1. The molecule has 0 radical (unpaired) electrons. The van der Waals surface area contributed by atoms with E-state index in [1.165, 1.54) is 0 Å². The van der Waals surface area contributed by atoms with E-state index < -0.39 is 9.05 Å². The Morgan fingerprint density at radius 2 is 1.94 bits per heavy atom. The average Bonchev–Trinajstić information content (AvgIpc) is 2.13. The highest BCUT2D eigenvalue weighted by atomic mass is 35.7. The van der Waals surface area contributed by atoms with Crippen LogP contribution < -0.4 is 4.74 Å². The largest absolute Gasteiger partial charge is 0.496 e. The molecule has 0 aromatic heterocycles. The third kappa shape index (κ3) is 3.89. The second-order valence-corrected chi connectivity index (χ2v) is 7.15. The minimum absolute atomic E-state index is 0.154. The Hall–Kier alpha value is -0.740. The molecule has 0 saturated heterocycles. The Bertz CT molecular complexity index is 507. The molecule has 0 aliphatic rings. The van der Waals surface area contributed by atoms with Gasteiger partial charge in [0, 0.05) is 10.7 Å². The molecule has 5 heteroatoms. The van der Waals surface area contributed by atoms with Gasteiger partial charge in [0.05, 0.1) is 12.9 Å². The summed E-state index contributed by atoms with van der Waals surface area (Å²) in [6.07, 6.45) is 0. The van der Waals surface area contributed by atoms with Gasteiger partial charge in [0.1, 0.15) is 5.75 Å². The number of hydrogen-bond donors (Lipinski definition) is 0. The van der Waals surface area contributed by atoms with Crippen LogP contribution in [0.15, 0.2) is 12.1 Å². The Morgan fingerprint density at radius 3 is 2.35 bits per heavy atom. The Kier molecular flexibility index (Phi) is 4.44. The topological polar surface area (TPSA) is 43.4 Å². The van der Waals surface area contributed by atoms with Gasteiger partial charge in [-0.15, -0.1) is 0 Å². The highest BCUT2D eigenvalue weighted by Crippen LogP contribution is 2.31. The molecule has 17 heavy (non-hydrogen) atoms. The molecule has 0 heterocycles. The zero-order valence-electron chi connectivity index (χ0n) is 10.5. The molecule has 0 unspecified atom stereocenters. The van der Waals surface area contributed by atoms with Crippen molar-refractivity contribution in [3.8, 4) is 5.75 Å². The Morgan fingerprint density at radius 1 is 1.35 bits per heavy atom. The first-order valence-corrected chi connectivity index (χ1v) is 7.82. The van der Waals surface area contributed by atoms with Crippen LogP contribution in [0.1, 0.15) is 36.5 Å². The van der Waals surface area contributed by atoms with Crippen molar-refractivity contribution in [2.24, 2.45) is 0 Å². The lowest BCUT2D eigenvalue weighted by Crippen LogP contribution is -2.02. The fourth-order valence-electron chi connectivity index (χ4n) is 1.87. The van der Waals surface area contributed by atoms with Gasteiger partial charge in [-0.3, -0.25) is 0 Å². The molecule has 1 aromatic rings. The van der Waals surface area contributed by atoms with Crippen LogP contribution in [0, 0.1) is 6.92 Å². The van der Waals surface area contributed by atoms with Crippen LogP contribution in [0.3, 0.4) is 0 Å². The smallest absolute Gasteiger partial charge is 0.236 e. The van der Waals surface area contributed by atoms with Gasteiger partial charge in [-0.25, -0.2) is 8.42 Å². The monoisotopic (exact) mass is 276 g/mol. The van der Waals surface area contributed by atoms with E-state index in [0.29, 0.717) is 5.56 Å². The molecule has 0 aliphatic heterocycles. The molecular formula is C12H17ClO3S. The Balaban J connectivity index is 3.29. The molecule has 0 N–H and O–H groups in total. The van der Waals surface area contributed by atoms with Gasteiger partial charge in [-0.2, -0.15) is 0 Å². The maximum Gasteiger partial charge on any atom is 0.236 e. The van der Waals surface area contributed by atoms with Crippen molar-refractivity contribution in [3.63, 3.8) is 0 Å². The zero-order valence-corrected chi connectivity index (χ0v) is 12.0. The van der Waals surface area contributed by atoms with Crippen molar-refractivity contribution in [2.45, 2.75) is 32.4 Å². The number of benzene rings is 1. The predicted molar refractivity (Wildman–Crippen MR) is 70.3 cm³/mol. The van der Waals surface area contributed by atoms with Crippen molar-refractivity contribution in [3.05, 3.63) is 28.8 Å². The maximum atomic E-state index is 11.1. The van der Waals surface area contributed by atoms with Gasteiger partial charge in [-0.1, -0.05) is 26.0 Å². The highest BCUT2D eigenvalue weighted by Gasteiger charge is 2.15. The van der Waals surface area contributed by atoms with E-state index in [4.69, 9.17) is 15.4 Å². The molecule has 0 spiro atoms. The number of halogens is 1. The lowest BCUT2D eigenvalue weighted by Gasteiger charge is -2.16. The van der Waals surface area contributed by atoms with Gasteiger partial charge >= 0.3 is 0 Å². The summed E-state index contributed by atoms with van der Waals surface area (Å²) in [6.45, 7) is 5.97. The Labute approximate surface area is 107 Å². The van der Waals surface area contributed by atoms with Crippen molar-refractivity contribution < 1.29 is 13.2 Å². The summed E-state index contributed by atoms with van der Waals surface area (Å²) in [5.74, 6) is 0.927. The molecule has 0 atom stereocenters. The van der Waals surface area contributed by atoms with Crippen LogP contribution in [0.5, 0.6) is 5.75 Å². The summed E-state index contributed by atoms with van der Waals surface area (Å²) in [4.78, 5) is 0. The first-order valence-electron chi connectivity index (χ1n) is 5.34. The van der Waals surface area contributed by atoms with Crippen LogP contribution in [-0.2, 0) is 14.8 Å². The summed E-state index contributed by atoms with van der Waals surface area (Å²) in [5, 5.41) is 0. The summed E-state index contributed by atoms with van der Waals surface area (Å²) < 4.78 is 27.5. The molecule has 3 nitrogen and oxygen atoms in total. The maximum absolute atomic E-state index is 11.1. The number of methoxy groups -OCH3 is 1. The van der Waals surface area contributed by atoms with E-state index in [9.17, 15) is 8.42 Å². The third-order valence-corrected chi connectivity index (χ3v) is 3.53. The number of hydrogen-bond acceptors (Lipinski definition) is 3. The first kappa shape index (κ1) is 14.3. The van der Waals surface area contributed by atoms with E-state index >= 15 is 0 Å². The molecule has 0 saturated carbocycles. The van der Waals surface area contributed by atoms with E-state index in [1.54, 1.807) is 13.2 Å². The van der Waals surface area contributed by atoms with Gasteiger partial charge in [-0.05, 0) is 29.5 Å². The minimum atomic E-state index is -3.52. The van der Waals surface area contributed by atoms with Crippen LogP contribution in [0.4, 0.5) is 0 Å². The van der Waals surface area contributed by atoms with Gasteiger partial charge in [0.15, 0.2) is 0 Å². The number of aryl methyl sites for hydroxylation is 1. The molecule has 0 aliphatic carbocycles. The molecule has 0 amide bonds. The fraction of sp³-hybridized carbons (Fsp3) is 0.500. The van der Waals surface area contributed by atoms with Crippen LogP contribution >= 0.6 is 10.7 Å². The van der Waals surface area contributed by atoms with Crippen LogP contribution in [0.2, 0.25) is 0 Å². The predicted octanol–water partition coefficient (Wildman–Crippen LogP) is 3.20. The zero-order chi connectivity index (χ0) is 13.2. The summed E-state index contributed by atoms with van der Waals surface area (Å²) in [7, 11) is 3.36. The molecule has 0 bridgehead atoms. The SMILES string of the molecule is COc1c(C)cc(CS(=O)(=O)Cl)cc1C(C)C. The van der Waals surface area contributed by atoms with Crippen LogP contribution in [-0.4, -0.2) is 15.5 Å². The van der Waals surface area contributed by atoms with Crippen molar-refractivity contribution >= 4 is 19.7 Å². The number of rotatable bonds is 4. The van der Waals surface area contributed by atoms with Gasteiger partial charge < -0.3 is 4.74 Å². The second-order valence-electron chi connectivity index (χ2n) is 4.37. The molecule has 96 valence electrons. The molecule has 1 rings (SSSR count). The second kappa shape index (κ2) is 5.27. The fourth-order valence-corrected chi connectivity index (χ4v) is 2.81. The molecule has 0 fully saturated rings. The lowest BCUT2D eigenvalue weighted by atomic mass is 9.97. The van der Waals surface area contributed by atoms with Crippen molar-refractivity contribution in [1.82, 2.24) is 0 Å². The molecular weight excluding hydrogens is 260 g/mol. The molecule has 1 aromatic carbocycles. The van der Waals surface area contributed by atoms with E-state index in [1.807, 2.05) is 26.8 Å². The van der Waals surface area contributed by atoms with Crippen LogP contribution in [0.25, 0.3) is 0 Å². The summed E-state index contributed by atoms with van der Waals surface area (Å²) >= 11 is 0. The standard InChI is InChI=1S/C12H17ClO3S/c1-8(2)11-6-10(7-17(13,14)15)5-9(3)12(11)16-4/h5-6,8H,7H2,1-4H3. The highest BCUT2D eigenvalue weighted by molar-refractivity contribution is 8.13. The van der Waals surface area contributed by atoms with Gasteiger partial charge in [0.2, 0.25) is 9.05 Å². The normalized spacial score (nSPS) is 11.9. The first-order chi connectivity index (χ1) is 7.74. The van der Waals surface area contributed by atoms with E-state index in [0.717, 1.165) is 16.9 Å². The lowest BCUT2D eigenvalue weighted by molar-refractivity contribution is 0.404. The van der Waals surface area contributed by atoms with Crippen molar-refractivity contribution in [1.29, 1.82) is 0 Å². The van der Waals surface area contributed by atoms with Gasteiger partial charge in [0.25, 0.3) is 0 Å². The van der Waals surface area contributed by atoms with E-state index in [2.05, 4.69) is 0 Å². The third-order valence-electron chi connectivity index (χ3n) is 2.53. The minimum Gasteiger partial charge on any atom is -0.496 e.